The lowest BCUT2D eigenvalue weighted by molar-refractivity contribution is 1.00. The van der Waals surface area contributed by atoms with E-state index in [0.717, 1.165) is 0 Å². The molecule has 3 heterocycles. The van der Waals surface area contributed by atoms with E-state index in [1.165, 1.54) is 0 Å². The Hall–Kier alpha value is -2.90. The number of nitrogens with two attached hydrogens (primary N) is 3. The standard InChI is InChI=1S/C10H10N8/c11-6-5-8(17-10(13)16-6)15-7(12)9(14-5)18-3-1-2-4-18/h1-4H,(H6,11,12,13,15,16,17). The molecule has 6 N–H and O–H groups in total. The van der Waals surface area contributed by atoms with Gasteiger partial charge in [0.2, 0.25) is 5.95 Å². The van der Waals surface area contributed by atoms with Crippen molar-refractivity contribution in [1.82, 2.24) is 24.5 Å². The summed E-state index contributed by atoms with van der Waals surface area (Å²) >= 11 is 0. The van der Waals surface area contributed by atoms with E-state index in [2.05, 4.69) is 19.9 Å². The van der Waals surface area contributed by atoms with Crippen molar-refractivity contribution in [2.45, 2.75) is 0 Å². The Morgan fingerprint density at radius 3 is 2.28 bits per heavy atom. The normalized spacial score (nSPS) is 10.9. The Morgan fingerprint density at radius 2 is 1.56 bits per heavy atom. The number of aromatic nitrogens is 5. The monoisotopic (exact) mass is 242 g/mol. The van der Waals surface area contributed by atoms with Gasteiger partial charge in [-0.3, -0.25) is 0 Å². The van der Waals surface area contributed by atoms with Crippen molar-refractivity contribution in [3.63, 3.8) is 0 Å². The number of nitrogen functional groups attached to an aromatic ring is 3. The van der Waals surface area contributed by atoms with Crippen LogP contribution in [0.4, 0.5) is 17.6 Å². The number of hydrogen-bond acceptors (Lipinski definition) is 7. The van der Waals surface area contributed by atoms with Gasteiger partial charge in [-0.25, -0.2) is 9.97 Å². The van der Waals surface area contributed by atoms with Crippen molar-refractivity contribution in [2.75, 3.05) is 17.2 Å². The van der Waals surface area contributed by atoms with E-state index in [0.29, 0.717) is 11.3 Å². The summed E-state index contributed by atoms with van der Waals surface area (Å²) in [6, 6.07) is 3.71. The third-order valence-electron chi connectivity index (χ3n) is 2.43. The molecular weight excluding hydrogens is 232 g/mol. The number of rotatable bonds is 1. The molecule has 0 unspecified atom stereocenters. The van der Waals surface area contributed by atoms with Crippen molar-refractivity contribution in [1.29, 1.82) is 0 Å². The Labute approximate surface area is 101 Å². The quantitative estimate of drug-likeness (QED) is 0.544. The summed E-state index contributed by atoms with van der Waals surface area (Å²) in [5, 5.41) is 0. The van der Waals surface area contributed by atoms with Crippen LogP contribution in [0.5, 0.6) is 0 Å². The fourth-order valence-corrected chi connectivity index (χ4v) is 1.66. The molecule has 3 aromatic heterocycles. The lowest BCUT2D eigenvalue weighted by atomic mass is 10.4. The highest BCUT2D eigenvalue weighted by Crippen LogP contribution is 2.20. The zero-order chi connectivity index (χ0) is 12.7. The van der Waals surface area contributed by atoms with Crippen LogP contribution in [0, 0.1) is 0 Å². The van der Waals surface area contributed by atoms with Crippen LogP contribution in [-0.4, -0.2) is 24.5 Å². The minimum absolute atomic E-state index is 0.0439. The molecule has 3 rings (SSSR count). The molecule has 8 nitrogen and oxygen atoms in total. The van der Waals surface area contributed by atoms with Crippen LogP contribution in [0.1, 0.15) is 0 Å². The van der Waals surface area contributed by atoms with E-state index < -0.39 is 0 Å². The third kappa shape index (κ3) is 1.47. The van der Waals surface area contributed by atoms with Gasteiger partial charge in [-0.2, -0.15) is 9.97 Å². The molecular formula is C10H10N8. The molecule has 0 fully saturated rings. The molecule has 0 atom stereocenters. The molecule has 0 aromatic carbocycles. The van der Waals surface area contributed by atoms with Gasteiger partial charge < -0.3 is 21.8 Å². The van der Waals surface area contributed by atoms with E-state index in [-0.39, 0.29) is 23.2 Å². The molecule has 8 heteroatoms. The molecule has 0 saturated carbocycles. The van der Waals surface area contributed by atoms with E-state index >= 15 is 0 Å². The molecule has 0 radical (unpaired) electrons. The van der Waals surface area contributed by atoms with Crippen molar-refractivity contribution < 1.29 is 0 Å². The fraction of sp³-hybridized carbons (Fsp3) is 0. The van der Waals surface area contributed by atoms with E-state index in [1.54, 1.807) is 17.0 Å². The first-order valence-electron chi connectivity index (χ1n) is 5.14. The first-order valence-corrected chi connectivity index (χ1v) is 5.14. The molecule has 0 amide bonds. The SMILES string of the molecule is Nc1nc(N)c2nc(-n3cccc3)c(N)nc2n1. The van der Waals surface area contributed by atoms with Gasteiger partial charge in [0.05, 0.1) is 0 Å². The molecule has 3 aromatic rings. The second kappa shape index (κ2) is 3.55. The molecule has 18 heavy (non-hydrogen) atoms. The molecule has 0 bridgehead atoms. The predicted molar refractivity (Wildman–Crippen MR) is 67.7 cm³/mol. The number of hydrogen-bond donors (Lipinski definition) is 3. The second-order valence-electron chi connectivity index (χ2n) is 3.66. The first kappa shape index (κ1) is 10.3. The molecule has 0 aliphatic rings. The Balaban J connectivity index is 2.33. The van der Waals surface area contributed by atoms with Crippen LogP contribution >= 0.6 is 0 Å². The lowest BCUT2D eigenvalue weighted by Crippen LogP contribution is -2.08. The molecule has 90 valence electrons. The van der Waals surface area contributed by atoms with Crippen molar-refractivity contribution in [3.8, 4) is 5.82 Å². The van der Waals surface area contributed by atoms with Crippen LogP contribution in [-0.2, 0) is 0 Å². The van der Waals surface area contributed by atoms with Crippen LogP contribution in [0.2, 0.25) is 0 Å². The minimum Gasteiger partial charge on any atom is -0.382 e. The smallest absolute Gasteiger partial charge is 0.224 e. The summed E-state index contributed by atoms with van der Waals surface area (Å²) in [5.74, 6) is 0.949. The van der Waals surface area contributed by atoms with Gasteiger partial charge in [-0.05, 0) is 12.1 Å². The summed E-state index contributed by atoms with van der Waals surface area (Å²) in [4.78, 5) is 16.3. The van der Waals surface area contributed by atoms with Crippen LogP contribution in [0.3, 0.4) is 0 Å². The average molecular weight is 242 g/mol. The van der Waals surface area contributed by atoms with Gasteiger partial charge >= 0.3 is 0 Å². The van der Waals surface area contributed by atoms with Gasteiger partial charge in [0.15, 0.2) is 28.6 Å². The number of fused-ring (bicyclic) bond motifs is 1. The summed E-state index contributed by atoms with van der Waals surface area (Å²) < 4.78 is 1.73. The summed E-state index contributed by atoms with van der Waals surface area (Å²) in [6.07, 6.45) is 3.61. The van der Waals surface area contributed by atoms with Crippen molar-refractivity contribution in [3.05, 3.63) is 24.5 Å². The summed E-state index contributed by atoms with van der Waals surface area (Å²) in [5.41, 5.74) is 17.7. The first-order chi connectivity index (χ1) is 8.65. The second-order valence-corrected chi connectivity index (χ2v) is 3.66. The van der Waals surface area contributed by atoms with Crippen LogP contribution in [0.25, 0.3) is 17.0 Å². The molecule has 0 spiro atoms. The van der Waals surface area contributed by atoms with Gasteiger partial charge in [0.1, 0.15) is 0 Å². The average Bonchev–Trinajstić information content (AvgIpc) is 2.81. The minimum atomic E-state index is 0.0439. The van der Waals surface area contributed by atoms with Crippen LogP contribution in [0.15, 0.2) is 24.5 Å². The summed E-state index contributed by atoms with van der Waals surface area (Å²) in [7, 11) is 0. The van der Waals surface area contributed by atoms with Gasteiger partial charge in [0, 0.05) is 12.4 Å². The maximum absolute atomic E-state index is 5.84. The maximum Gasteiger partial charge on any atom is 0.224 e. The highest BCUT2D eigenvalue weighted by Gasteiger charge is 2.12. The Bertz CT molecular complexity index is 718. The van der Waals surface area contributed by atoms with E-state index in [4.69, 9.17) is 17.2 Å². The molecule has 0 saturated heterocycles. The zero-order valence-corrected chi connectivity index (χ0v) is 9.28. The highest BCUT2D eigenvalue weighted by atomic mass is 15.1. The number of nitrogens with zero attached hydrogens (tertiary/aromatic N) is 5. The molecule has 0 aliphatic carbocycles. The largest absolute Gasteiger partial charge is 0.382 e. The number of anilines is 3. The van der Waals surface area contributed by atoms with Gasteiger partial charge in [-0.1, -0.05) is 0 Å². The van der Waals surface area contributed by atoms with Crippen molar-refractivity contribution >= 4 is 28.7 Å². The van der Waals surface area contributed by atoms with Gasteiger partial charge in [-0.15, -0.1) is 0 Å². The fourth-order valence-electron chi connectivity index (χ4n) is 1.66. The van der Waals surface area contributed by atoms with Gasteiger partial charge in [0.25, 0.3) is 0 Å². The van der Waals surface area contributed by atoms with E-state index in [1.807, 2.05) is 12.1 Å². The van der Waals surface area contributed by atoms with E-state index in [9.17, 15) is 0 Å². The Kier molecular flexibility index (Phi) is 2.03. The lowest BCUT2D eigenvalue weighted by Gasteiger charge is -2.07. The topological polar surface area (TPSA) is 135 Å². The van der Waals surface area contributed by atoms with Crippen LogP contribution < -0.4 is 17.2 Å². The predicted octanol–water partition coefficient (Wildman–Crippen LogP) is -0.0429. The summed E-state index contributed by atoms with van der Waals surface area (Å²) in [6.45, 7) is 0. The Morgan fingerprint density at radius 1 is 0.833 bits per heavy atom. The molecule has 0 aliphatic heterocycles. The third-order valence-corrected chi connectivity index (χ3v) is 2.43. The highest BCUT2D eigenvalue weighted by molar-refractivity contribution is 5.84. The maximum atomic E-state index is 5.84. The zero-order valence-electron chi connectivity index (χ0n) is 9.28. The van der Waals surface area contributed by atoms with Crippen molar-refractivity contribution in [2.24, 2.45) is 0 Å².